The summed E-state index contributed by atoms with van der Waals surface area (Å²) in [5.74, 6) is 2.17. The first kappa shape index (κ1) is 19.8. The van der Waals surface area contributed by atoms with Crippen molar-refractivity contribution in [3.05, 3.63) is 83.5 Å². The van der Waals surface area contributed by atoms with E-state index in [1.807, 2.05) is 0 Å². The summed E-state index contributed by atoms with van der Waals surface area (Å²) in [4.78, 5) is 4.78. The van der Waals surface area contributed by atoms with Gasteiger partial charge in [0, 0.05) is 18.6 Å². The average Bonchev–Trinajstić information content (AvgIpc) is 3.43. The third-order valence-corrected chi connectivity index (χ3v) is 6.94. The van der Waals surface area contributed by atoms with Crippen LogP contribution in [0.4, 0.5) is 0 Å². The fourth-order valence-corrected chi connectivity index (χ4v) is 5.01. The molecule has 2 unspecified atom stereocenters. The summed E-state index contributed by atoms with van der Waals surface area (Å²) in [6.45, 7) is 0. The maximum absolute atomic E-state index is 11.9. The topological polar surface area (TPSA) is 82.3 Å². The molecule has 31 heavy (non-hydrogen) atoms. The summed E-state index contributed by atoms with van der Waals surface area (Å²) in [7, 11) is -1.90. The largest absolute Gasteiger partial charge is 0.495 e. The molecule has 1 fully saturated rings. The predicted molar refractivity (Wildman–Crippen MR) is 117 cm³/mol. The lowest BCUT2D eigenvalue weighted by Crippen LogP contribution is -2.02. The zero-order valence-corrected chi connectivity index (χ0v) is 18.1. The Morgan fingerprint density at radius 3 is 2.68 bits per heavy atom. The molecule has 7 heteroatoms. The number of nitrogens with zero attached hydrogens (tertiary/aromatic N) is 2. The van der Waals surface area contributed by atoms with Crippen molar-refractivity contribution in [2.45, 2.75) is 29.6 Å². The quantitative estimate of drug-likeness (QED) is 0.444. The molecule has 0 N–H and O–H groups in total. The molecule has 2 atom stereocenters. The van der Waals surface area contributed by atoms with Crippen LogP contribution in [0.3, 0.4) is 0 Å². The predicted octanol–water partition coefficient (Wildman–Crippen LogP) is 4.50. The van der Waals surface area contributed by atoms with Crippen LogP contribution in [0.15, 0.2) is 70.1 Å². The monoisotopic (exact) mass is 434 g/mol. The Morgan fingerprint density at radius 2 is 1.87 bits per heavy atom. The van der Waals surface area contributed by atoms with Crippen LogP contribution < -0.4 is 4.74 Å². The molecule has 6 nitrogen and oxygen atoms in total. The summed E-state index contributed by atoms with van der Waals surface area (Å²) in [5.41, 5.74) is 2.18. The number of rotatable bonds is 6. The van der Waals surface area contributed by atoms with Crippen molar-refractivity contribution in [3.63, 3.8) is 0 Å². The molecular weight excluding hydrogens is 412 g/mol. The molecule has 1 aliphatic carbocycles. The van der Waals surface area contributed by atoms with Crippen LogP contribution in [-0.4, -0.2) is 31.9 Å². The molecule has 158 valence electrons. The van der Waals surface area contributed by atoms with Crippen molar-refractivity contribution < 1.29 is 17.7 Å². The number of benzene rings is 3. The van der Waals surface area contributed by atoms with Crippen molar-refractivity contribution in [1.29, 1.82) is 0 Å². The second-order valence-corrected chi connectivity index (χ2v) is 9.98. The van der Waals surface area contributed by atoms with Gasteiger partial charge in [0.05, 0.1) is 7.11 Å². The third kappa shape index (κ3) is 3.81. The highest BCUT2D eigenvalue weighted by Gasteiger charge is 2.44. The van der Waals surface area contributed by atoms with E-state index in [9.17, 15) is 8.42 Å². The molecule has 4 aromatic rings. The van der Waals surface area contributed by atoms with Gasteiger partial charge in [-0.25, -0.2) is 8.42 Å². The van der Waals surface area contributed by atoms with Gasteiger partial charge in [0.25, 0.3) is 0 Å². The Hall–Kier alpha value is -3.19. The minimum atomic E-state index is -3.36. The van der Waals surface area contributed by atoms with E-state index >= 15 is 0 Å². The van der Waals surface area contributed by atoms with E-state index in [0.717, 1.165) is 18.2 Å². The normalized spacial score (nSPS) is 18.3. The molecule has 0 spiro atoms. The zero-order valence-electron chi connectivity index (χ0n) is 17.3. The molecular formula is C24H22N2O4S. The van der Waals surface area contributed by atoms with Gasteiger partial charge in [-0.3, -0.25) is 0 Å². The first-order chi connectivity index (χ1) is 14.9. The second-order valence-electron chi connectivity index (χ2n) is 8.00. The van der Waals surface area contributed by atoms with Crippen molar-refractivity contribution >= 4 is 20.6 Å². The highest BCUT2D eigenvalue weighted by Crippen LogP contribution is 2.55. The van der Waals surface area contributed by atoms with E-state index < -0.39 is 9.84 Å². The molecule has 1 saturated carbocycles. The fraction of sp³-hybridized carbons (Fsp3) is 0.250. The number of sulfone groups is 1. The first-order valence-corrected chi connectivity index (χ1v) is 12.0. The molecule has 0 saturated heterocycles. The van der Waals surface area contributed by atoms with Crippen LogP contribution in [0.1, 0.15) is 41.1 Å². The molecule has 1 heterocycles. The van der Waals surface area contributed by atoms with Gasteiger partial charge < -0.3 is 9.26 Å². The highest BCUT2D eigenvalue weighted by atomic mass is 32.2. The Bertz CT molecular complexity index is 1370. The van der Waals surface area contributed by atoms with Crippen LogP contribution >= 0.6 is 0 Å². The number of hydrogen-bond donors (Lipinski definition) is 0. The van der Waals surface area contributed by atoms with Gasteiger partial charge >= 0.3 is 0 Å². The van der Waals surface area contributed by atoms with Crippen LogP contribution in [0.2, 0.25) is 0 Å². The van der Waals surface area contributed by atoms with Crippen molar-refractivity contribution in [1.82, 2.24) is 10.1 Å². The summed E-state index contributed by atoms with van der Waals surface area (Å²) in [5, 5.41) is 6.66. The zero-order chi connectivity index (χ0) is 21.6. The Balaban J connectivity index is 1.35. The van der Waals surface area contributed by atoms with Crippen LogP contribution in [0.5, 0.6) is 5.75 Å². The van der Waals surface area contributed by atoms with Gasteiger partial charge in [0.15, 0.2) is 15.7 Å². The summed E-state index contributed by atoms with van der Waals surface area (Å²) in [6.07, 6.45) is 2.60. The van der Waals surface area contributed by atoms with Gasteiger partial charge in [0.2, 0.25) is 5.89 Å². The number of ether oxygens (including phenoxy) is 1. The smallest absolute Gasteiger partial charge is 0.230 e. The Kier molecular flexibility index (Phi) is 4.78. The third-order valence-electron chi connectivity index (χ3n) is 5.80. The lowest BCUT2D eigenvalue weighted by atomic mass is 10.0. The van der Waals surface area contributed by atoms with E-state index in [-0.39, 0.29) is 10.8 Å². The summed E-state index contributed by atoms with van der Waals surface area (Å²) >= 11 is 0. The lowest BCUT2D eigenvalue weighted by molar-refractivity contribution is 0.373. The van der Waals surface area contributed by atoms with Crippen LogP contribution in [0, 0.1) is 0 Å². The van der Waals surface area contributed by atoms with E-state index in [4.69, 9.17) is 9.26 Å². The van der Waals surface area contributed by atoms with Crippen LogP contribution in [0.25, 0.3) is 10.8 Å². The van der Waals surface area contributed by atoms with Gasteiger partial charge in [-0.2, -0.15) is 4.98 Å². The Morgan fingerprint density at radius 1 is 1.06 bits per heavy atom. The molecule has 0 aliphatic heterocycles. The Labute approximate surface area is 180 Å². The number of methoxy groups -OCH3 is 1. The number of aromatic nitrogens is 2. The minimum Gasteiger partial charge on any atom is -0.495 e. The van der Waals surface area contributed by atoms with Crippen LogP contribution in [-0.2, 0) is 16.3 Å². The SMILES string of the molecule is COc1cc(Cc2noc(C3CC3c3cccc4ccccc34)n2)ccc1S(C)(=O)=O. The van der Waals surface area contributed by atoms with Gasteiger partial charge in [-0.05, 0) is 46.4 Å². The summed E-state index contributed by atoms with van der Waals surface area (Å²) < 4.78 is 34.6. The average molecular weight is 435 g/mol. The molecule has 0 amide bonds. The molecule has 5 rings (SSSR count). The first-order valence-electron chi connectivity index (χ1n) is 10.1. The molecule has 1 aromatic heterocycles. The molecule has 0 radical (unpaired) electrons. The number of hydrogen-bond acceptors (Lipinski definition) is 6. The van der Waals surface area contributed by atoms with Gasteiger partial charge in [-0.15, -0.1) is 0 Å². The lowest BCUT2D eigenvalue weighted by Gasteiger charge is -2.08. The summed E-state index contributed by atoms with van der Waals surface area (Å²) in [6, 6.07) is 19.8. The maximum Gasteiger partial charge on any atom is 0.230 e. The van der Waals surface area contributed by atoms with E-state index in [2.05, 4.69) is 52.6 Å². The van der Waals surface area contributed by atoms with E-state index in [0.29, 0.717) is 29.8 Å². The highest BCUT2D eigenvalue weighted by molar-refractivity contribution is 7.90. The molecule has 0 bridgehead atoms. The van der Waals surface area contributed by atoms with Crippen molar-refractivity contribution in [2.75, 3.05) is 13.4 Å². The van der Waals surface area contributed by atoms with E-state index in [1.165, 1.54) is 23.4 Å². The van der Waals surface area contributed by atoms with Crippen molar-refractivity contribution in [3.8, 4) is 5.75 Å². The minimum absolute atomic E-state index is 0.170. The number of fused-ring (bicyclic) bond motifs is 1. The molecule has 1 aliphatic rings. The fourth-order valence-electron chi connectivity index (χ4n) is 4.19. The molecule has 3 aromatic carbocycles. The maximum atomic E-state index is 11.9. The van der Waals surface area contributed by atoms with Crippen molar-refractivity contribution in [2.24, 2.45) is 0 Å². The van der Waals surface area contributed by atoms with E-state index in [1.54, 1.807) is 18.2 Å². The second kappa shape index (κ2) is 7.50. The standard InChI is InChI=1S/C24H22N2O4S/c1-29-21-12-15(10-11-22(21)31(2,27)28)13-23-25-24(30-26-23)20-14-19(20)18-9-5-7-16-6-3-4-8-17(16)18/h3-12,19-20H,13-14H2,1-2H3. The van der Waals surface area contributed by atoms with Gasteiger partial charge in [0.1, 0.15) is 10.6 Å². The van der Waals surface area contributed by atoms with Gasteiger partial charge in [-0.1, -0.05) is 53.7 Å².